The van der Waals surface area contributed by atoms with Crippen molar-refractivity contribution in [3.05, 3.63) is 141 Å². The molecule has 0 amide bonds. The summed E-state index contributed by atoms with van der Waals surface area (Å²) in [4.78, 5) is 57.6. The van der Waals surface area contributed by atoms with E-state index in [2.05, 4.69) is 0 Å². The normalized spacial score (nSPS) is 22.1. The minimum Gasteiger partial charge on any atom is -0.348 e. The van der Waals surface area contributed by atoms with Gasteiger partial charge < -0.3 is 4.74 Å². The largest absolute Gasteiger partial charge is 0.348 e. The Balaban J connectivity index is 1.60. The van der Waals surface area contributed by atoms with Crippen LogP contribution >= 0.6 is 11.6 Å². The van der Waals surface area contributed by atoms with Gasteiger partial charge in [-0.3, -0.25) is 19.2 Å². The number of hydrogen-bond donors (Lipinski definition) is 0. The van der Waals surface area contributed by atoms with Crippen LogP contribution in [0.4, 0.5) is 4.39 Å². The summed E-state index contributed by atoms with van der Waals surface area (Å²) in [5.41, 5.74) is -3.19. The number of hydrogen-bond acceptors (Lipinski definition) is 5. The summed E-state index contributed by atoms with van der Waals surface area (Å²) in [6.07, 6.45) is -1.34. The van der Waals surface area contributed by atoms with E-state index >= 15 is 0 Å². The van der Waals surface area contributed by atoms with Gasteiger partial charge in [0.25, 0.3) is 0 Å². The first-order valence-electron chi connectivity index (χ1n) is 12.4. The van der Waals surface area contributed by atoms with Gasteiger partial charge in [-0.05, 0) is 35.4 Å². The Labute approximate surface area is 227 Å². The Bertz CT molecular complexity index is 1690. The molecule has 7 heteroatoms. The Morgan fingerprint density at radius 1 is 0.615 bits per heavy atom. The van der Waals surface area contributed by atoms with Crippen LogP contribution in [0.2, 0.25) is 5.02 Å². The summed E-state index contributed by atoms with van der Waals surface area (Å²) < 4.78 is 21.3. The van der Waals surface area contributed by atoms with Crippen LogP contribution in [-0.2, 0) is 4.74 Å². The quantitative estimate of drug-likeness (QED) is 0.284. The van der Waals surface area contributed by atoms with Gasteiger partial charge >= 0.3 is 0 Å². The fourth-order valence-corrected chi connectivity index (χ4v) is 6.78. The van der Waals surface area contributed by atoms with Crippen LogP contribution in [0.25, 0.3) is 0 Å². The first-order valence-corrected chi connectivity index (χ1v) is 12.8. The van der Waals surface area contributed by atoms with Crippen LogP contribution in [0.3, 0.4) is 0 Å². The maximum absolute atomic E-state index is 14.8. The monoisotopic (exact) mass is 536 g/mol. The molecular formula is C32H18ClFO5. The maximum Gasteiger partial charge on any atom is 0.204 e. The van der Waals surface area contributed by atoms with Gasteiger partial charge in [-0.2, -0.15) is 0 Å². The second-order valence-electron chi connectivity index (χ2n) is 10.0. The molecule has 2 atom stereocenters. The molecule has 7 rings (SSSR count). The van der Waals surface area contributed by atoms with Gasteiger partial charge in [0.15, 0.2) is 11.6 Å². The van der Waals surface area contributed by atoms with Crippen molar-refractivity contribution in [2.24, 2.45) is 5.41 Å². The summed E-state index contributed by atoms with van der Waals surface area (Å²) >= 11 is 6.15. The van der Waals surface area contributed by atoms with E-state index in [1.54, 1.807) is 60.7 Å². The number of carbonyl (C=O) groups excluding carboxylic acids is 4. The maximum atomic E-state index is 14.8. The third kappa shape index (κ3) is 2.87. The fraction of sp³-hybridized carbons (Fsp3) is 0.125. The Hall–Kier alpha value is -4.26. The van der Waals surface area contributed by atoms with Crippen molar-refractivity contribution in [1.29, 1.82) is 0 Å². The van der Waals surface area contributed by atoms with E-state index < -0.39 is 52.0 Å². The number of ether oxygens (including phenoxy) is 1. The van der Waals surface area contributed by atoms with Gasteiger partial charge in [0.2, 0.25) is 17.2 Å². The lowest BCUT2D eigenvalue weighted by Crippen LogP contribution is -2.51. The standard InChI is InChI=1S/C32H18ClFO5/c33-19-14-12-17(13-15-19)30-31(26(35)21-8-1-2-9-22(21)27(31)36)25(18-6-5-7-20(34)16-18)32(39-30)28(37)23-10-3-4-11-24(23)29(32)38/h1-16,25,30H/t25-,30-/m1/s1. The van der Waals surface area contributed by atoms with E-state index in [0.29, 0.717) is 10.6 Å². The Morgan fingerprint density at radius 3 is 1.64 bits per heavy atom. The van der Waals surface area contributed by atoms with Gasteiger partial charge in [-0.1, -0.05) is 84.4 Å². The molecule has 1 heterocycles. The summed E-state index contributed by atoms with van der Waals surface area (Å²) in [6.45, 7) is 0. The van der Waals surface area contributed by atoms with Crippen LogP contribution < -0.4 is 0 Å². The summed E-state index contributed by atoms with van der Waals surface area (Å²) in [6, 6.07) is 24.4. The summed E-state index contributed by atoms with van der Waals surface area (Å²) in [7, 11) is 0. The van der Waals surface area contributed by atoms with Gasteiger partial charge in [0, 0.05) is 27.3 Å². The highest BCUT2D eigenvalue weighted by molar-refractivity contribution is 6.37. The average Bonchev–Trinajstić information content (AvgIpc) is 3.47. The lowest BCUT2D eigenvalue weighted by Gasteiger charge is -2.34. The topological polar surface area (TPSA) is 77.5 Å². The number of halogens is 2. The van der Waals surface area contributed by atoms with Gasteiger partial charge in [0.05, 0.1) is 5.92 Å². The number of fused-ring (bicyclic) bond motifs is 2. The molecule has 0 aromatic heterocycles. The fourth-order valence-electron chi connectivity index (χ4n) is 6.65. The lowest BCUT2D eigenvalue weighted by molar-refractivity contribution is -0.0210. The number of ketones is 4. The molecule has 0 unspecified atom stereocenters. The molecule has 0 N–H and O–H groups in total. The van der Waals surface area contributed by atoms with Crippen LogP contribution in [0, 0.1) is 11.2 Å². The highest BCUT2D eigenvalue weighted by atomic mass is 35.5. The molecule has 3 aliphatic rings. The van der Waals surface area contributed by atoms with Gasteiger partial charge in [0.1, 0.15) is 17.3 Å². The molecule has 190 valence electrons. The van der Waals surface area contributed by atoms with Crippen LogP contribution in [0.1, 0.15) is 64.6 Å². The summed E-state index contributed by atoms with van der Waals surface area (Å²) in [5, 5.41) is 0.412. The minimum atomic E-state index is -2.27. The van der Waals surface area contributed by atoms with Crippen molar-refractivity contribution in [3.8, 4) is 0 Å². The first-order chi connectivity index (χ1) is 18.8. The van der Waals surface area contributed by atoms with Gasteiger partial charge in [-0.15, -0.1) is 0 Å². The van der Waals surface area contributed by atoms with Crippen LogP contribution in [0.15, 0.2) is 97.1 Å². The van der Waals surface area contributed by atoms with E-state index in [4.69, 9.17) is 16.3 Å². The zero-order chi connectivity index (χ0) is 27.1. The predicted octanol–water partition coefficient (Wildman–Crippen LogP) is 6.22. The van der Waals surface area contributed by atoms with E-state index in [0.717, 1.165) is 6.07 Å². The number of benzene rings is 4. The molecular weight excluding hydrogens is 519 g/mol. The Morgan fingerprint density at radius 2 is 1.13 bits per heavy atom. The van der Waals surface area contributed by atoms with E-state index in [1.165, 1.54) is 30.3 Å². The van der Waals surface area contributed by atoms with Crippen molar-refractivity contribution >= 4 is 34.7 Å². The molecule has 1 aliphatic heterocycles. The number of carbonyl (C=O) groups is 4. The molecule has 0 saturated carbocycles. The molecule has 39 heavy (non-hydrogen) atoms. The van der Waals surface area contributed by atoms with E-state index in [1.807, 2.05) is 0 Å². The van der Waals surface area contributed by atoms with Crippen molar-refractivity contribution in [2.75, 3.05) is 0 Å². The SMILES string of the molecule is O=C1c2ccccc2C(=O)C12O[C@H](c1ccc(Cl)cc1)C1(C(=O)c3ccccc3C1=O)[C@H]2c1cccc(F)c1. The zero-order valence-corrected chi connectivity index (χ0v) is 20.9. The zero-order valence-electron chi connectivity index (χ0n) is 20.2. The average molecular weight is 537 g/mol. The third-order valence-electron chi connectivity index (χ3n) is 8.19. The lowest BCUT2D eigenvalue weighted by atomic mass is 9.60. The third-order valence-corrected chi connectivity index (χ3v) is 8.44. The van der Waals surface area contributed by atoms with Crippen molar-refractivity contribution in [3.63, 3.8) is 0 Å². The van der Waals surface area contributed by atoms with Crippen molar-refractivity contribution in [2.45, 2.75) is 17.6 Å². The molecule has 1 fully saturated rings. The molecule has 1 saturated heterocycles. The molecule has 2 spiro atoms. The van der Waals surface area contributed by atoms with E-state index in [-0.39, 0.29) is 27.8 Å². The second kappa shape index (κ2) is 8.12. The predicted molar refractivity (Wildman–Crippen MR) is 140 cm³/mol. The van der Waals surface area contributed by atoms with E-state index in [9.17, 15) is 23.6 Å². The van der Waals surface area contributed by atoms with Crippen molar-refractivity contribution < 1.29 is 28.3 Å². The second-order valence-corrected chi connectivity index (χ2v) is 10.5. The molecule has 5 nitrogen and oxygen atoms in total. The molecule has 4 aromatic rings. The number of rotatable bonds is 2. The van der Waals surface area contributed by atoms with Gasteiger partial charge in [-0.25, -0.2) is 4.39 Å². The smallest absolute Gasteiger partial charge is 0.204 e. The van der Waals surface area contributed by atoms with Crippen molar-refractivity contribution in [1.82, 2.24) is 0 Å². The molecule has 0 bridgehead atoms. The highest BCUT2D eigenvalue weighted by Crippen LogP contribution is 2.67. The highest BCUT2D eigenvalue weighted by Gasteiger charge is 2.79. The number of Topliss-reactive ketones (excluding diaryl/α,β-unsaturated/α-hetero) is 4. The van der Waals surface area contributed by atoms with Crippen LogP contribution in [-0.4, -0.2) is 28.7 Å². The Kier molecular flexibility index (Phi) is 4.96. The molecule has 4 aromatic carbocycles. The molecule has 0 radical (unpaired) electrons. The summed E-state index contributed by atoms with van der Waals surface area (Å²) in [5.74, 6) is -4.56. The van der Waals surface area contributed by atoms with Crippen LogP contribution in [0.5, 0.6) is 0 Å². The molecule has 2 aliphatic carbocycles. The minimum absolute atomic E-state index is 0.131. The first kappa shape index (κ1) is 23.8.